The number of aromatic nitrogens is 5. The topological polar surface area (TPSA) is 101 Å². The van der Waals surface area contributed by atoms with Crippen LogP contribution in [0.5, 0.6) is 0 Å². The van der Waals surface area contributed by atoms with E-state index in [1.54, 1.807) is 17.5 Å². The number of ether oxygens (including phenoxy) is 1. The Morgan fingerprint density at radius 2 is 2.03 bits per heavy atom. The van der Waals surface area contributed by atoms with E-state index in [0.717, 1.165) is 52.7 Å². The molecule has 9 nitrogen and oxygen atoms in total. The van der Waals surface area contributed by atoms with Gasteiger partial charge in [0.1, 0.15) is 0 Å². The Labute approximate surface area is 208 Å². The molecule has 2 aliphatic carbocycles. The van der Waals surface area contributed by atoms with Crippen LogP contribution >= 0.6 is 11.3 Å². The van der Waals surface area contributed by atoms with Crippen LogP contribution in [0.15, 0.2) is 24.7 Å². The number of hydrogen-bond donors (Lipinski definition) is 2. The van der Waals surface area contributed by atoms with E-state index in [-0.39, 0.29) is 0 Å². The van der Waals surface area contributed by atoms with Crippen LogP contribution in [0.2, 0.25) is 0 Å². The highest BCUT2D eigenvalue weighted by molar-refractivity contribution is 7.18. The number of nitrogens with zero attached hydrogens (tertiary/aromatic N) is 6. The zero-order chi connectivity index (χ0) is 23.4. The van der Waals surface area contributed by atoms with Gasteiger partial charge in [0.15, 0.2) is 10.9 Å². The normalized spacial score (nSPS) is 27.7. The molecule has 4 aliphatic rings. The average molecular weight is 491 g/mol. The van der Waals surface area contributed by atoms with Crippen molar-refractivity contribution in [3.05, 3.63) is 36.0 Å². The molecule has 3 unspecified atom stereocenters. The number of aryl methyl sites for hydroxylation is 1. The maximum Gasteiger partial charge on any atom is 0.223 e. The molecule has 3 atom stereocenters. The molecule has 5 heterocycles. The first-order valence-electron chi connectivity index (χ1n) is 12.7. The lowest BCUT2D eigenvalue weighted by Gasteiger charge is -2.46. The van der Waals surface area contributed by atoms with Crippen LogP contribution in [0.4, 0.5) is 16.9 Å². The summed E-state index contributed by atoms with van der Waals surface area (Å²) in [5, 5.41) is 7.60. The van der Waals surface area contributed by atoms with Crippen molar-refractivity contribution in [2.75, 3.05) is 23.8 Å². The molecule has 2 saturated heterocycles. The quantitative estimate of drug-likeness (QED) is 0.505. The third-order valence-corrected chi connectivity index (χ3v) is 8.93. The molecule has 182 valence electrons. The minimum atomic E-state index is 0.320. The molecule has 3 aromatic heterocycles. The van der Waals surface area contributed by atoms with Gasteiger partial charge in [-0.3, -0.25) is 9.88 Å². The Morgan fingerprint density at radius 1 is 1.11 bits per heavy atom. The molecular formula is C25H30N8OS. The molecule has 10 heteroatoms. The molecule has 4 fully saturated rings. The van der Waals surface area contributed by atoms with E-state index in [9.17, 15) is 0 Å². The lowest BCUT2D eigenvalue weighted by Crippen LogP contribution is -2.61. The molecule has 3 aromatic rings. The first-order chi connectivity index (χ1) is 17.2. The Bertz CT molecular complexity index is 1230. The number of nitrogens with one attached hydrogen (secondary N) is 2. The van der Waals surface area contributed by atoms with Crippen molar-refractivity contribution in [3.63, 3.8) is 0 Å². The van der Waals surface area contributed by atoms with Crippen molar-refractivity contribution in [2.24, 2.45) is 5.92 Å². The lowest BCUT2D eigenvalue weighted by molar-refractivity contribution is -0.0826. The van der Waals surface area contributed by atoms with Gasteiger partial charge in [-0.25, -0.2) is 19.9 Å². The van der Waals surface area contributed by atoms with Gasteiger partial charge in [0.05, 0.1) is 46.9 Å². The van der Waals surface area contributed by atoms with Crippen molar-refractivity contribution in [1.82, 2.24) is 29.8 Å². The molecule has 0 radical (unpaired) electrons. The van der Waals surface area contributed by atoms with Crippen LogP contribution in [-0.2, 0) is 11.3 Å². The van der Waals surface area contributed by atoms with Crippen LogP contribution in [0, 0.1) is 12.8 Å². The number of anilines is 3. The molecule has 1 spiro atoms. The van der Waals surface area contributed by atoms with E-state index < -0.39 is 0 Å². The summed E-state index contributed by atoms with van der Waals surface area (Å²) in [4.78, 5) is 26.7. The van der Waals surface area contributed by atoms with Gasteiger partial charge in [-0.2, -0.15) is 0 Å². The summed E-state index contributed by atoms with van der Waals surface area (Å²) in [5.74, 6) is 2.14. The largest absolute Gasteiger partial charge is 0.375 e. The monoisotopic (exact) mass is 490 g/mol. The summed E-state index contributed by atoms with van der Waals surface area (Å²) in [7, 11) is 0. The van der Waals surface area contributed by atoms with Crippen molar-refractivity contribution < 1.29 is 4.74 Å². The molecule has 2 N–H and O–H groups in total. The summed E-state index contributed by atoms with van der Waals surface area (Å²) >= 11 is 1.56. The Morgan fingerprint density at radius 3 is 2.83 bits per heavy atom. The van der Waals surface area contributed by atoms with Gasteiger partial charge in [-0.05, 0) is 32.3 Å². The van der Waals surface area contributed by atoms with Gasteiger partial charge < -0.3 is 15.4 Å². The maximum absolute atomic E-state index is 5.83. The summed E-state index contributed by atoms with van der Waals surface area (Å²) in [5.41, 5.74) is 3.16. The first kappa shape index (κ1) is 21.6. The van der Waals surface area contributed by atoms with Crippen LogP contribution < -0.4 is 10.6 Å². The number of hydrogen-bond acceptors (Lipinski definition) is 10. The Hall–Kier alpha value is -2.69. The van der Waals surface area contributed by atoms with Gasteiger partial charge in [0, 0.05) is 36.9 Å². The smallest absolute Gasteiger partial charge is 0.223 e. The molecule has 2 aliphatic heterocycles. The van der Waals surface area contributed by atoms with Crippen molar-refractivity contribution >= 4 is 28.2 Å². The average Bonchev–Trinajstić information content (AvgIpc) is 3.35. The van der Waals surface area contributed by atoms with E-state index in [1.807, 2.05) is 25.4 Å². The van der Waals surface area contributed by atoms with Crippen molar-refractivity contribution in [2.45, 2.75) is 69.7 Å². The predicted molar refractivity (Wildman–Crippen MR) is 135 cm³/mol. The maximum atomic E-state index is 5.83. The summed E-state index contributed by atoms with van der Waals surface area (Å²) in [6, 6.07) is 2.48. The van der Waals surface area contributed by atoms with Gasteiger partial charge in [-0.15, -0.1) is 0 Å². The van der Waals surface area contributed by atoms with Gasteiger partial charge in [0.2, 0.25) is 5.95 Å². The summed E-state index contributed by atoms with van der Waals surface area (Å²) in [6.07, 6.45) is 13.5. The third kappa shape index (κ3) is 3.97. The van der Waals surface area contributed by atoms with Gasteiger partial charge in [-0.1, -0.05) is 30.6 Å². The standard InChI is InChI=1S/C25H30N8OS/c1-15-7-19(31-23(29-15)30-17-5-3-2-4-6-17)20-10-28-24(35-20)32-22-11-26-18(9-27-22)12-33-13-21-25(33)8-16(25)14-34-21/h7,9-11,16-17,21H,2-6,8,12-14H2,1H3,(H,27,28,32)(H,29,30,31). The summed E-state index contributed by atoms with van der Waals surface area (Å²) < 4.78 is 5.83. The molecule has 0 aromatic carbocycles. The second-order valence-electron chi connectivity index (χ2n) is 10.3. The molecule has 0 bridgehead atoms. The predicted octanol–water partition coefficient (Wildman–Crippen LogP) is 4.16. The number of rotatable bonds is 7. The van der Waals surface area contributed by atoms with E-state index in [0.29, 0.717) is 29.5 Å². The fourth-order valence-corrected chi connectivity index (χ4v) is 6.81. The molecule has 35 heavy (non-hydrogen) atoms. The van der Waals surface area contributed by atoms with E-state index in [1.165, 1.54) is 38.5 Å². The number of likely N-dealkylation sites (tertiary alicyclic amines) is 1. The molecule has 2 saturated carbocycles. The highest BCUT2D eigenvalue weighted by Crippen LogP contribution is 2.62. The third-order valence-electron chi connectivity index (χ3n) is 8.00. The highest BCUT2D eigenvalue weighted by atomic mass is 32.1. The van der Waals surface area contributed by atoms with E-state index in [2.05, 4.69) is 35.5 Å². The minimum absolute atomic E-state index is 0.320. The van der Waals surface area contributed by atoms with Crippen LogP contribution in [0.1, 0.15) is 49.9 Å². The minimum Gasteiger partial charge on any atom is -0.375 e. The fraction of sp³-hybridized carbons (Fsp3) is 0.560. The molecule has 7 rings (SSSR count). The zero-order valence-corrected chi connectivity index (χ0v) is 20.7. The zero-order valence-electron chi connectivity index (χ0n) is 19.9. The molecular weight excluding hydrogens is 460 g/mol. The van der Waals surface area contributed by atoms with Crippen LogP contribution in [-0.4, -0.2) is 60.7 Å². The number of thiazole rings is 1. The van der Waals surface area contributed by atoms with E-state index in [4.69, 9.17) is 9.72 Å². The van der Waals surface area contributed by atoms with Gasteiger partial charge >= 0.3 is 0 Å². The van der Waals surface area contributed by atoms with Crippen molar-refractivity contribution in [3.8, 4) is 10.6 Å². The fourth-order valence-electron chi connectivity index (χ4n) is 6.03. The van der Waals surface area contributed by atoms with Crippen molar-refractivity contribution in [1.29, 1.82) is 0 Å². The van der Waals surface area contributed by atoms with Crippen LogP contribution in [0.3, 0.4) is 0 Å². The summed E-state index contributed by atoms with van der Waals surface area (Å²) in [6.45, 7) is 4.80. The lowest BCUT2D eigenvalue weighted by atomic mass is 9.95. The van der Waals surface area contributed by atoms with Gasteiger partial charge in [0.25, 0.3) is 0 Å². The van der Waals surface area contributed by atoms with E-state index >= 15 is 0 Å². The van der Waals surface area contributed by atoms with Crippen LogP contribution in [0.25, 0.3) is 10.6 Å². The first-order valence-corrected chi connectivity index (χ1v) is 13.5. The second kappa shape index (κ2) is 8.46. The SMILES string of the molecule is Cc1cc(-c2cnc(Nc3cnc(CN4CC5OCC6CC654)cn3)s2)nc(NC2CCCCC2)n1. The Balaban J connectivity index is 0.999. The second-order valence-corrected chi connectivity index (χ2v) is 11.4. The highest BCUT2D eigenvalue weighted by Gasteiger charge is 2.73. The Kier molecular flexibility index (Phi) is 5.22. The molecule has 0 amide bonds.